The molecule has 0 heterocycles. The van der Waals surface area contributed by atoms with Gasteiger partial charge in [-0.1, -0.05) is 202 Å². The van der Waals surface area contributed by atoms with E-state index in [1.54, 1.807) is 5.56 Å². The van der Waals surface area contributed by atoms with Gasteiger partial charge in [0.25, 0.3) is 0 Å². The zero-order chi connectivity index (χ0) is 52.7. The van der Waals surface area contributed by atoms with E-state index in [9.17, 15) is 0 Å². The minimum Gasteiger partial charge on any atom is -0.310 e. The van der Waals surface area contributed by atoms with Crippen LogP contribution in [0.5, 0.6) is 0 Å². The van der Waals surface area contributed by atoms with E-state index in [1.807, 2.05) is 0 Å². The van der Waals surface area contributed by atoms with E-state index in [2.05, 4.69) is 260 Å². The first-order valence-electron chi connectivity index (χ1n) is 29.4. The van der Waals surface area contributed by atoms with Gasteiger partial charge in [0, 0.05) is 45.0 Å². The summed E-state index contributed by atoms with van der Waals surface area (Å²) < 4.78 is 0. The Bertz CT molecular complexity index is 3800. The summed E-state index contributed by atoms with van der Waals surface area (Å²) in [5, 5.41) is 0. The molecule has 10 aromatic rings. The Morgan fingerprint density at radius 2 is 0.823 bits per heavy atom. The predicted molar refractivity (Wildman–Crippen MR) is 331 cm³/mol. The van der Waals surface area contributed by atoms with Gasteiger partial charge in [-0.25, -0.2) is 0 Å². The number of nitrogens with zero attached hydrogens (tertiary/aromatic N) is 2. The van der Waals surface area contributed by atoms with Crippen molar-refractivity contribution in [3.63, 3.8) is 0 Å². The second-order valence-corrected chi connectivity index (χ2v) is 24.6. The number of para-hydroxylation sites is 2. The molecule has 19 rings (SSSR count). The number of aryl methyl sites for hydroxylation is 4. The first-order valence-corrected chi connectivity index (χ1v) is 29.4. The summed E-state index contributed by atoms with van der Waals surface area (Å²) >= 11 is 0. The van der Waals surface area contributed by atoms with Crippen molar-refractivity contribution < 1.29 is 0 Å². The molecule has 0 saturated heterocycles. The van der Waals surface area contributed by atoms with E-state index in [4.69, 9.17) is 0 Å². The van der Waals surface area contributed by atoms with Gasteiger partial charge in [-0.3, -0.25) is 0 Å². The summed E-state index contributed by atoms with van der Waals surface area (Å²) in [6.07, 6.45) is 12.1. The largest absolute Gasteiger partial charge is 0.310 e. The van der Waals surface area contributed by atoms with Crippen LogP contribution in [-0.4, -0.2) is 0 Å². The second kappa shape index (κ2) is 19.3. The molecule has 4 fully saturated rings. The van der Waals surface area contributed by atoms with Crippen LogP contribution < -0.4 is 9.80 Å². The van der Waals surface area contributed by atoms with Crippen LogP contribution in [0.1, 0.15) is 91.3 Å². The topological polar surface area (TPSA) is 6.48 Å². The van der Waals surface area contributed by atoms with Crippen LogP contribution in [0.25, 0.3) is 44.5 Å². The van der Waals surface area contributed by atoms with E-state index < -0.39 is 0 Å². The molecule has 0 aromatic heterocycles. The van der Waals surface area contributed by atoms with Crippen molar-refractivity contribution in [3.05, 3.63) is 276 Å². The number of fused-ring (bicyclic) bond motifs is 3. The molecule has 0 spiro atoms. The summed E-state index contributed by atoms with van der Waals surface area (Å²) in [6, 6.07) is 90.3. The van der Waals surface area contributed by atoms with Crippen molar-refractivity contribution in [3.8, 4) is 44.5 Å². The quantitative estimate of drug-likeness (QED) is 0.135. The van der Waals surface area contributed by atoms with E-state index >= 15 is 0 Å². The Morgan fingerprint density at radius 1 is 0.354 bits per heavy atom. The lowest BCUT2D eigenvalue weighted by Crippen LogP contribution is -2.48. The van der Waals surface area contributed by atoms with Gasteiger partial charge >= 0.3 is 0 Å². The van der Waals surface area contributed by atoms with E-state index in [1.165, 1.54) is 151 Å². The lowest BCUT2D eigenvalue weighted by Gasteiger charge is -2.57. The maximum atomic E-state index is 2.68. The highest BCUT2D eigenvalue weighted by Crippen LogP contribution is 2.61. The number of rotatable bonds is 10. The van der Waals surface area contributed by atoms with Crippen LogP contribution in [0.15, 0.2) is 237 Å². The molecule has 9 aliphatic carbocycles. The van der Waals surface area contributed by atoms with Gasteiger partial charge in [-0.15, -0.1) is 0 Å². The third-order valence-electron chi connectivity index (χ3n) is 19.4. The van der Waals surface area contributed by atoms with Crippen molar-refractivity contribution in [1.82, 2.24) is 0 Å². The van der Waals surface area contributed by atoms with Crippen molar-refractivity contribution in [1.29, 1.82) is 0 Å². The monoisotopic (exact) mass is 1020 g/mol. The summed E-state index contributed by atoms with van der Waals surface area (Å²) in [5.74, 6) is 2.77. The zero-order valence-corrected chi connectivity index (χ0v) is 45.7. The Kier molecular flexibility index (Phi) is 11.7. The molecule has 10 aromatic carbocycles. The molecule has 8 bridgehead atoms. The molecule has 386 valence electrons. The molecule has 2 nitrogen and oxygen atoms in total. The Balaban J connectivity index is 0.893. The van der Waals surface area contributed by atoms with Crippen molar-refractivity contribution in [2.45, 2.75) is 88.9 Å². The van der Waals surface area contributed by atoms with E-state index in [-0.39, 0.29) is 5.41 Å². The maximum Gasteiger partial charge on any atom is 0.0618 e. The number of benzene rings is 10. The zero-order valence-electron chi connectivity index (χ0n) is 45.7. The molecule has 0 aliphatic heterocycles. The van der Waals surface area contributed by atoms with Gasteiger partial charge < -0.3 is 9.80 Å². The minimum absolute atomic E-state index is 0.229. The fourth-order valence-corrected chi connectivity index (χ4v) is 16.0. The first kappa shape index (κ1) is 48.0. The Labute approximate surface area is 468 Å². The average molecular weight is 1020 g/mol. The molecule has 9 aliphatic rings. The molecule has 0 N–H and O–H groups in total. The summed E-state index contributed by atoms with van der Waals surface area (Å²) in [4.78, 5) is 5.24. The molecule has 2 heteroatoms. The summed E-state index contributed by atoms with van der Waals surface area (Å²) in [6.45, 7) is 4.85. The SMILES string of the molecule is CC1(C)c2ccccc2-c2c(-c3ccccc3)cc(N(c3cc4ccc3CCc3ccc(c(N(c5ccccc5)c5ccc(C67CC8CC(CC(C8)C6)C7)cc5)c3)CC4)c3c(-c4ccccc4)cccc3-c3ccccc3)cc21. The average Bonchev–Trinajstić information content (AvgIpc) is 3.98. The van der Waals surface area contributed by atoms with Crippen molar-refractivity contribution >= 4 is 34.1 Å². The van der Waals surface area contributed by atoms with Crippen LogP contribution in [0.2, 0.25) is 0 Å². The van der Waals surface area contributed by atoms with Gasteiger partial charge in [0.15, 0.2) is 0 Å². The molecule has 0 radical (unpaired) electrons. The Hall–Kier alpha value is -8.20. The minimum atomic E-state index is -0.229. The third kappa shape index (κ3) is 8.37. The van der Waals surface area contributed by atoms with Crippen molar-refractivity contribution in [2.75, 3.05) is 9.80 Å². The molecular weight excluding hydrogens is 953 g/mol. The smallest absolute Gasteiger partial charge is 0.0618 e. The molecular formula is C77H68N2. The van der Waals surface area contributed by atoms with Crippen LogP contribution in [0.4, 0.5) is 34.1 Å². The highest BCUT2D eigenvalue weighted by Gasteiger charge is 2.51. The van der Waals surface area contributed by atoms with Crippen LogP contribution in [-0.2, 0) is 36.5 Å². The lowest BCUT2D eigenvalue weighted by molar-refractivity contribution is -0.00518. The third-order valence-corrected chi connectivity index (χ3v) is 19.4. The first-order chi connectivity index (χ1) is 38.8. The molecule has 0 amide bonds. The summed E-state index contributed by atoms with van der Waals surface area (Å²) in [5.41, 5.74) is 27.2. The van der Waals surface area contributed by atoms with Gasteiger partial charge in [0.05, 0.1) is 5.69 Å². The fourth-order valence-electron chi connectivity index (χ4n) is 16.0. The van der Waals surface area contributed by atoms with Crippen LogP contribution in [0.3, 0.4) is 0 Å². The van der Waals surface area contributed by atoms with Gasteiger partial charge in [-0.05, 0) is 208 Å². The van der Waals surface area contributed by atoms with Gasteiger partial charge in [-0.2, -0.15) is 0 Å². The van der Waals surface area contributed by atoms with Gasteiger partial charge in [0.2, 0.25) is 0 Å². The van der Waals surface area contributed by atoms with E-state index in [0.29, 0.717) is 5.41 Å². The molecule has 0 unspecified atom stereocenters. The normalized spacial score (nSPS) is 20.1. The lowest BCUT2D eigenvalue weighted by atomic mass is 9.48. The highest BCUT2D eigenvalue weighted by atomic mass is 15.2. The number of hydrogen-bond donors (Lipinski definition) is 0. The second-order valence-electron chi connectivity index (χ2n) is 24.6. The molecule has 4 saturated carbocycles. The van der Waals surface area contributed by atoms with E-state index in [0.717, 1.165) is 43.4 Å². The summed E-state index contributed by atoms with van der Waals surface area (Å²) in [7, 11) is 0. The fraction of sp³-hybridized carbons (Fsp3) is 0.221. The van der Waals surface area contributed by atoms with Crippen LogP contribution >= 0.6 is 0 Å². The van der Waals surface area contributed by atoms with Gasteiger partial charge in [0.1, 0.15) is 0 Å². The van der Waals surface area contributed by atoms with Crippen LogP contribution in [0, 0.1) is 17.8 Å². The standard InChI is InChI=1S/C77H68N2/c1-76(2)70-29-16-15-26-68(70)74-69(59-22-11-5-12-23-59)47-65(48-71(74)76)79(75-66(57-18-7-3-8-19-57)27-17-28-67(75)58-20-9-4-10-21-58)73-46-53-31-35-60-34-30-52(32-36-61(73)37-33-53)45-72(60)78(63-24-13-6-14-25-63)64-40-38-62(39-41-64)77-49-54-42-55(50-77)44-56(43-54)51-77/h3-30,33-34,37-41,45-48,54-56H,31-32,35-36,42-44,49-51H2,1-2H3. The number of hydrogen-bond acceptors (Lipinski definition) is 2. The maximum absolute atomic E-state index is 2.68. The highest BCUT2D eigenvalue weighted by molar-refractivity contribution is 6.01. The number of anilines is 6. The predicted octanol–water partition coefficient (Wildman–Crippen LogP) is 20.3. The molecule has 79 heavy (non-hydrogen) atoms. The van der Waals surface area contributed by atoms with Crippen molar-refractivity contribution in [2.24, 2.45) is 17.8 Å². The molecule has 0 atom stereocenters. The Morgan fingerprint density at radius 3 is 1.38 bits per heavy atom.